The van der Waals surface area contributed by atoms with Gasteiger partial charge in [0, 0.05) is 11.4 Å². The summed E-state index contributed by atoms with van der Waals surface area (Å²) >= 11 is 12.0. The maximum Gasteiger partial charge on any atom is 0.224 e. The number of methoxy groups -OCH3 is 3. The minimum Gasteiger partial charge on any atom is -0.493 e. The first-order valence-corrected chi connectivity index (χ1v) is 8.28. The van der Waals surface area contributed by atoms with Gasteiger partial charge >= 0.3 is 0 Å². The Morgan fingerprint density at radius 1 is 1.00 bits per heavy atom. The van der Waals surface area contributed by atoms with Gasteiger partial charge in [-0.3, -0.25) is 4.79 Å². The van der Waals surface area contributed by atoms with E-state index in [0.29, 0.717) is 39.4 Å². The zero-order chi connectivity index (χ0) is 18.4. The van der Waals surface area contributed by atoms with Crippen molar-refractivity contribution in [3.8, 4) is 17.2 Å². The predicted octanol–water partition coefficient (Wildman–Crippen LogP) is 4.59. The standard InChI is InChI=1S/C18H19Cl2NO4/c1-23-15-8-4-11(17(24-2)18(15)25-3)5-9-16(22)21-14-10-12(19)6-7-13(14)20/h4,6-8,10H,5,9H2,1-3H3,(H,21,22). The van der Waals surface area contributed by atoms with E-state index in [4.69, 9.17) is 37.4 Å². The minimum absolute atomic E-state index is 0.180. The molecule has 0 heterocycles. The van der Waals surface area contributed by atoms with Gasteiger partial charge in [0.25, 0.3) is 0 Å². The Morgan fingerprint density at radius 2 is 1.72 bits per heavy atom. The zero-order valence-corrected chi connectivity index (χ0v) is 15.7. The molecule has 0 bridgehead atoms. The molecule has 0 aliphatic heterocycles. The van der Waals surface area contributed by atoms with E-state index in [1.165, 1.54) is 7.11 Å². The molecule has 2 aromatic rings. The van der Waals surface area contributed by atoms with E-state index in [0.717, 1.165) is 5.56 Å². The highest BCUT2D eigenvalue weighted by Gasteiger charge is 2.16. The third-order valence-corrected chi connectivity index (χ3v) is 4.17. The van der Waals surface area contributed by atoms with Crippen LogP contribution in [0.5, 0.6) is 17.2 Å². The molecule has 0 saturated carbocycles. The number of anilines is 1. The van der Waals surface area contributed by atoms with E-state index in [9.17, 15) is 4.79 Å². The first-order valence-electron chi connectivity index (χ1n) is 7.53. The molecule has 0 unspecified atom stereocenters. The fourth-order valence-corrected chi connectivity index (χ4v) is 2.75. The number of carbonyl (C=O) groups is 1. The van der Waals surface area contributed by atoms with Gasteiger partial charge in [-0.2, -0.15) is 0 Å². The molecule has 2 aromatic carbocycles. The van der Waals surface area contributed by atoms with Gasteiger partial charge in [0.1, 0.15) is 0 Å². The molecular formula is C18H19Cl2NO4. The molecule has 1 amide bonds. The van der Waals surface area contributed by atoms with Crippen LogP contribution in [0.2, 0.25) is 10.0 Å². The molecule has 25 heavy (non-hydrogen) atoms. The Kier molecular flexibility index (Phi) is 6.79. The highest BCUT2D eigenvalue weighted by Crippen LogP contribution is 2.40. The number of ether oxygens (including phenoxy) is 3. The molecule has 5 nitrogen and oxygen atoms in total. The molecule has 7 heteroatoms. The molecule has 1 N–H and O–H groups in total. The molecule has 0 aromatic heterocycles. The Balaban J connectivity index is 2.10. The lowest BCUT2D eigenvalue weighted by Gasteiger charge is -2.15. The topological polar surface area (TPSA) is 56.8 Å². The van der Waals surface area contributed by atoms with Gasteiger partial charge in [-0.05, 0) is 36.2 Å². The summed E-state index contributed by atoms with van der Waals surface area (Å²) in [7, 11) is 4.64. The number of halogens is 2. The van der Waals surface area contributed by atoms with E-state index in [1.54, 1.807) is 38.5 Å². The van der Waals surface area contributed by atoms with Crippen LogP contribution in [0.1, 0.15) is 12.0 Å². The number of aryl methyl sites for hydroxylation is 1. The lowest BCUT2D eigenvalue weighted by atomic mass is 10.1. The third kappa shape index (κ3) is 4.71. The van der Waals surface area contributed by atoms with Crippen molar-refractivity contribution in [1.82, 2.24) is 0 Å². The van der Waals surface area contributed by atoms with Crippen LogP contribution < -0.4 is 19.5 Å². The van der Waals surface area contributed by atoms with Gasteiger partial charge in [-0.15, -0.1) is 0 Å². The van der Waals surface area contributed by atoms with Crippen molar-refractivity contribution < 1.29 is 19.0 Å². The van der Waals surface area contributed by atoms with Crippen molar-refractivity contribution in [2.24, 2.45) is 0 Å². The molecule has 0 aliphatic rings. The lowest BCUT2D eigenvalue weighted by molar-refractivity contribution is -0.116. The number of amides is 1. The highest BCUT2D eigenvalue weighted by atomic mass is 35.5. The molecule has 2 rings (SSSR count). The molecule has 0 fully saturated rings. The summed E-state index contributed by atoms with van der Waals surface area (Å²) in [5.41, 5.74) is 1.32. The fourth-order valence-electron chi connectivity index (χ4n) is 2.41. The number of carbonyl (C=O) groups excluding carboxylic acids is 1. The van der Waals surface area contributed by atoms with Crippen LogP contribution in [-0.4, -0.2) is 27.2 Å². The maximum atomic E-state index is 12.2. The quantitative estimate of drug-likeness (QED) is 0.759. The first-order chi connectivity index (χ1) is 12.0. The number of rotatable bonds is 7. The van der Waals surface area contributed by atoms with Crippen LogP contribution in [-0.2, 0) is 11.2 Å². The summed E-state index contributed by atoms with van der Waals surface area (Å²) in [4.78, 5) is 12.2. The van der Waals surface area contributed by atoms with Crippen LogP contribution >= 0.6 is 23.2 Å². The molecule has 0 saturated heterocycles. The van der Waals surface area contributed by atoms with Gasteiger partial charge in [0.05, 0.1) is 32.0 Å². The summed E-state index contributed by atoms with van der Waals surface area (Å²) in [5, 5.41) is 3.69. The summed E-state index contributed by atoms with van der Waals surface area (Å²) in [5.74, 6) is 1.44. The smallest absolute Gasteiger partial charge is 0.224 e. The Morgan fingerprint density at radius 3 is 2.36 bits per heavy atom. The summed E-state index contributed by atoms with van der Waals surface area (Å²) in [6, 6.07) is 8.53. The molecule has 0 atom stereocenters. The van der Waals surface area contributed by atoms with Crippen LogP contribution in [0.3, 0.4) is 0 Å². The van der Waals surface area contributed by atoms with Crippen LogP contribution in [0.4, 0.5) is 5.69 Å². The minimum atomic E-state index is -0.180. The van der Waals surface area contributed by atoms with Crippen LogP contribution in [0.25, 0.3) is 0 Å². The van der Waals surface area contributed by atoms with Crippen molar-refractivity contribution in [2.45, 2.75) is 12.8 Å². The number of nitrogens with one attached hydrogen (secondary N) is 1. The van der Waals surface area contributed by atoms with Gasteiger partial charge in [-0.1, -0.05) is 29.3 Å². The summed E-state index contributed by atoms with van der Waals surface area (Å²) in [6.07, 6.45) is 0.711. The van der Waals surface area contributed by atoms with Crippen molar-refractivity contribution in [3.05, 3.63) is 45.9 Å². The highest BCUT2D eigenvalue weighted by molar-refractivity contribution is 6.35. The number of hydrogen-bond acceptors (Lipinski definition) is 4. The fraction of sp³-hybridized carbons (Fsp3) is 0.278. The first kappa shape index (κ1) is 19.2. The van der Waals surface area contributed by atoms with Gasteiger partial charge < -0.3 is 19.5 Å². The Bertz CT molecular complexity index is 765. The van der Waals surface area contributed by atoms with E-state index in [-0.39, 0.29) is 12.3 Å². The van der Waals surface area contributed by atoms with E-state index in [1.807, 2.05) is 6.07 Å². The van der Waals surface area contributed by atoms with Crippen molar-refractivity contribution in [1.29, 1.82) is 0 Å². The normalized spacial score (nSPS) is 10.3. The van der Waals surface area contributed by atoms with Crippen molar-refractivity contribution >= 4 is 34.8 Å². The van der Waals surface area contributed by atoms with Crippen molar-refractivity contribution in [2.75, 3.05) is 26.6 Å². The monoisotopic (exact) mass is 383 g/mol. The Hall–Kier alpha value is -2.11. The second-order valence-electron chi connectivity index (χ2n) is 5.17. The number of hydrogen-bond donors (Lipinski definition) is 1. The van der Waals surface area contributed by atoms with E-state index in [2.05, 4.69) is 5.32 Å². The maximum absolute atomic E-state index is 12.2. The predicted molar refractivity (Wildman–Crippen MR) is 99.5 cm³/mol. The summed E-state index contributed by atoms with van der Waals surface area (Å²) < 4.78 is 16.0. The molecule has 0 aliphatic carbocycles. The molecule has 0 radical (unpaired) electrons. The number of benzene rings is 2. The van der Waals surface area contributed by atoms with Gasteiger partial charge in [-0.25, -0.2) is 0 Å². The van der Waals surface area contributed by atoms with E-state index >= 15 is 0 Å². The third-order valence-electron chi connectivity index (χ3n) is 3.61. The molecular weight excluding hydrogens is 365 g/mol. The lowest BCUT2D eigenvalue weighted by Crippen LogP contribution is -2.13. The molecule has 0 spiro atoms. The second kappa shape index (κ2) is 8.83. The van der Waals surface area contributed by atoms with Crippen LogP contribution in [0, 0.1) is 0 Å². The SMILES string of the molecule is COc1ccc(CCC(=O)Nc2cc(Cl)ccc2Cl)c(OC)c1OC. The average Bonchev–Trinajstić information content (AvgIpc) is 2.61. The van der Waals surface area contributed by atoms with Gasteiger partial charge in [0.15, 0.2) is 11.5 Å². The summed E-state index contributed by atoms with van der Waals surface area (Å²) in [6.45, 7) is 0. The molecule has 134 valence electrons. The van der Waals surface area contributed by atoms with Crippen LogP contribution in [0.15, 0.2) is 30.3 Å². The largest absolute Gasteiger partial charge is 0.493 e. The average molecular weight is 384 g/mol. The van der Waals surface area contributed by atoms with E-state index < -0.39 is 0 Å². The van der Waals surface area contributed by atoms with Crippen molar-refractivity contribution in [3.63, 3.8) is 0 Å². The zero-order valence-electron chi connectivity index (χ0n) is 14.2. The second-order valence-corrected chi connectivity index (χ2v) is 6.01. The van der Waals surface area contributed by atoms with Gasteiger partial charge in [0.2, 0.25) is 11.7 Å². The Labute approximate surface area is 156 Å².